The third-order valence-electron chi connectivity index (χ3n) is 4.27. The summed E-state index contributed by atoms with van der Waals surface area (Å²) in [7, 11) is -1.55. The molecule has 7 heteroatoms. The highest BCUT2D eigenvalue weighted by Crippen LogP contribution is 2.31. The third kappa shape index (κ3) is 4.35. The standard InChI is InChI=1S/C21H19ClN2O3S/c1-24(15-8-4-3-5-9-15)20-11-7-6-10-19(20)23-21(25)17-14-16(28(2,26)27)12-13-18(17)22/h3-14H,1-2H3,(H,23,25). The number of carbonyl (C=O) groups excluding carboxylic acids is 1. The van der Waals surface area contributed by atoms with Crippen molar-refractivity contribution in [2.45, 2.75) is 4.90 Å². The number of hydrogen-bond donors (Lipinski definition) is 1. The van der Waals surface area contributed by atoms with E-state index < -0.39 is 15.7 Å². The van der Waals surface area contributed by atoms with Gasteiger partial charge in [-0.1, -0.05) is 41.9 Å². The Kier molecular flexibility index (Phi) is 5.72. The molecule has 1 N–H and O–H groups in total. The summed E-state index contributed by atoms with van der Waals surface area (Å²) in [6.45, 7) is 0. The molecule has 28 heavy (non-hydrogen) atoms. The summed E-state index contributed by atoms with van der Waals surface area (Å²) in [6, 6.07) is 21.2. The minimum Gasteiger partial charge on any atom is -0.343 e. The zero-order chi connectivity index (χ0) is 20.3. The molecule has 3 aromatic carbocycles. The van der Waals surface area contributed by atoms with E-state index in [-0.39, 0.29) is 15.5 Å². The second-order valence-corrected chi connectivity index (χ2v) is 8.70. The van der Waals surface area contributed by atoms with Crippen LogP contribution < -0.4 is 10.2 Å². The molecular weight excluding hydrogens is 396 g/mol. The predicted octanol–water partition coefficient (Wildman–Crippen LogP) is 4.76. The second-order valence-electron chi connectivity index (χ2n) is 6.28. The number of sulfone groups is 1. The van der Waals surface area contributed by atoms with Gasteiger partial charge in [-0.15, -0.1) is 0 Å². The van der Waals surface area contributed by atoms with Gasteiger partial charge in [-0.05, 0) is 42.5 Å². The van der Waals surface area contributed by atoms with Gasteiger partial charge >= 0.3 is 0 Å². The molecule has 0 heterocycles. The summed E-state index contributed by atoms with van der Waals surface area (Å²) in [4.78, 5) is 14.8. The third-order valence-corrected chi connectivity index (χ3v) is 5.71. The van der Waals surface area contributed by atoms with Crippen LogP contribution in [0.5, 0.6) is 0 Å². The molecule has 3 aromatic rings. The minimum atomic E-state index is -3.45. The molecule has 0 fully saturated rings. The number of benzene rings is 3. The van der Waals surface area contributed by atoms with E-state index in [9.17, 15) is 13.2 Å². The fourth-order valence-electron chi connectivity index (χ4n) is 2.76. The van der Waals surface area contributed by atoms with Gasteiger partial charge in [0.2, 0.25) is 0 Å². The lowest BCUT2D eigenvalue weighted by molar-refractivity contribution is 0.102. The van der Waals surface area contributed by atoms with E-state index in [0.717, 1.165) is 17.6 Å². The number of amides is 1. The summed E-state index contributed by atoms with van der Waals surface area (Å²) >= 11 is 6.14. The van der Waals surface area contributed by atoms with Crippen LogP contribution in [0.1, 0.15) is 10.4 Å². The van der Waals surface area contributed by atoms with E-state index in [1.807, 2.05) is 60.5 Å². The molecule has 0 unspecified atom stereocenters. The van der Waals surface area contributed by atoms with Gasteiger partial charge in [0.25, 0.3) is 5.91 Å². The van der Waals surface area contributed by atoms with Crippen molar-refractivity contribution < 1.29 is 13.2 Å². The molecule has 5 nitrogen and oxygen atoms in total. The molecule has 0 atom stereocenters. The zero-order valence-electron chi connectivity index (χ0n) is 15.4. The summed E-state index contributed by atoms with van der Waals surface area (Å²) in [6.07, 6.45) is 1.09. The molecule has 0 spiro atoms. The number of hydrogen-bond acceptors (Lipinski definition) is 4. The highest BCUT2D eigenvalue weighted by Gasteiger charge is 2.17. The Morgan fingerprint density at radius 3 is 2.29 bits per heavy atom. The van der Waals surface area contributed by atoms with E-state index >= 15 is 0 Å². The highest BCUT2D eigenvalue weighted by atomic mass is 35.5. The maximum atomic E-state index is 12.8. The second kappa shape index (κ2) is 8.04. The van der Waals surface area contributed by atoms with Crippen LogP contribution >= 0.6 is 11.6 Å². The first-order valence-corrected chi connectivity index (χ1v) is 10.7. The zero-order valence-corrected chi connectivity index (χ0v) is 17.0. The summed E-state index contributed by atoms with van der Waals surface area (Å²) in [5, 5.41) is 3.02. The maximum absolute atomic E-state index is 12.8. The van der Waals surface area contributed by atoms with Crippen LogP contribution in [0.2, 0.25) is 5.02 Å². The van der Waals surface area contributed by atoms with E-state index in [1.54, 1.807) is 6.07 Å². The van der Waals surface area contributed by atoms with Gasteiger partial charge in [0.05, 0.1) is 26.9 Å². The molecule has 0 bridgehead atoms. The quantitative estimate of drug-likeness (QED) is 0.653. The smallest absolute Gasteiger partial charge is 0.257 e. The average Bonchev–Trinajstić information content (AvgIpc) is 2.68. The fourth-order valence-corrected chi connectivity index (χ4v) is 3.61. The van der Waals surface area contributed by atoms with Crippen LogP contribution in [0.4, 0.5) is 17.1 Å². The molecule has 0 saturated heterocycles. The van der Waals surface area contributed by atoms with Crippen molar-refractivity contribution in [3.8, 4) is 0 Å². The summed E-state index contributed by atoms with van der Waals surface area (Å²) in [5.41, 5.74) is 2.43. The molecule has 0 saturated carbocycles. The van der Waals surface area contributed by atoms with Crippen molar-refractivity contribution >= 4 is 44.4 Å². The lowest BCUT2D eigenvalue weighted by Gasteiger charge is -2.23. The number of halogens is 1. The van der Waals surface area contributed by atoms with Gasteiger partial charge in [-0.25, -0.2) is 8.42 Å². The van der Waals surface area contributed by atoms with Gasteiger partial charge in [0.1, 0.15) is 0 Å². The van der Waals surface area contributed by atoms with Gasteiger partial charge in [0, 0.05) is 19.0 Å². The monoisotopic (exact) mass is 414 g/mol. The number of nitrogens with one attached hydrogen (secondary N) is 1. The van der Waals surface area contributed by atoms with Crippen molar-refractivity contribution in [1.82, 2.24) is 0 Å². The van der Waals surface area contributed by atoms with Crippen LogP contribution in [-0.2, 0) is 9.84 Å². The highest BCUT2D eigenvalue weighted by molar-refractivity contribution is 7.90. The Labute approximate surface area is 169 Å². The number of nitrogens with zero attached hydrogens (tertiary/aromatic N) is 1. The van der Waals surface area contributed by atoms with Gasteiger partial charge < -0.3 is 10.2 Å². The van der Waals surface area contributed by atoms with Crippen molar-refractivity contribution in [2.24, 2.45) is 0 Å². The van der Waals surface area contributed by atoms with E-state index in [2.05, 4.69) is 5.32 Å². The predicted molar refractivity (Wildman–Crippen MR) is 113 cm³/mol. The molecule has 0 aromatic heterocycles. The van der Waals surface area contributed by atoms with Crippen LogP contribution in [0.3, 0.4) is 0 Å². The molecule has 0 aliphatic heterocycles. The van der Waals surface area contributed by atoms with Crippen LogP contribution in [0.25, 0.3) is 0 Å². The Hall–Kier alpha value is -2.83. The number of para-hydroxylation sites is 3. The van der Waals surface area contributed by atoms with Crippen molar-refractivity contribution in [3.63, 3.8) is 0 Å². The molecular formula is C21H19ClN2O3S. The topological polar surface area (TPSA) is 66.5 Å². The number of rotatable bonds is 5. The average molecular weight is 415 g/mol. The van der Waals surface area contributed by atoms with Crippen LogP contribution in [-0.4, -0.2) is 27.6 Å². The van der Waals surface area contributed by atoms with E-state index in [0.29, 0.717) is 5.69 Å². The molecule has 1 amide bonds. The van der Waals surface area contributed by atoms with Crippen molar-refractivity contribution in [1.29, 1.82) is 0 Å². The van der Waals surface area contributed by atoms with Gasteiger partial charge in [0.15, 0.2) is 9.84 Å². The van der Waals surface area contributed by atoms with Crippen molar-refractivity contribution in [3.05, 3.63) is 83.4 Å². The Bertz CT molecular complexity index is 1120. The first-order chi connectivity index (χ1) is 13.3. The van der Waals surface area contributed by atoms with E-state index in [1.165, 1.54) is 18.2 Å². The lowest BCUT2D eigenvalue weighted by atomic mass is 10.2. The molecule has 144 valence electrons. The summed E-state index contributed by atoms with van der Waals surface area (Å²) in [5.74, 6) is -0.482. The number of carbonyl (C=O) groups is 1. The van der Waals surface area contributed by atoms with Crippen LogP contribution in [0.15, 0.2) is 77.7 Å². The van der Waals surface area contributed by atoms with Crippen molar-refractivity contribution in [2.75, 3.05) is 23.5 Å². The Balaban J connectivity index is 1.94. The first kappa shape index (κ1) is 19.9. The fraction of sp³-hybridized carbons (Fsp3) is 0.0952. The van der Waals surface area contributed by atoms with Crippen LogP contribution in [0, 0.1) is 0 Å². The molecule has 3 rings (SSSR count). The SMILES string of the molecule is CN(c1ccccc1)c1ccccc1NC(=O)c1cc(S(C)(=O)=O)ccc1Cl. The lowest BCUT2D eigenvalue weighted by Crippen LogP contribution is -2.17. The summed E-state index contributed by atoms with van der Waals surface area (Å²) < 4.78 is 23.6. The normalized spacial score (nSPS) is 11.1. The minimum absolute atomic E-state index is 0.0386. The maximum Gasteiger partial charge on any atom is 0.257 e. The largest absolute Gasteiger partial charge is 0.343 e. The first-order valence-electron chi connectivity index (χ1n) is 8.46. The van der Waals surface area contributed by atoms with Gasteiger partial charge in [-0.2, -0.15) is 0 Å². The molecule has 0 aliphatic rings. The molecule has 0 radical (unpaired) electrons. The number of anilines is 3. The molecule has 0 aliphatic carbocycles. The van der Waals surface area contributed by atoms with E-state index in [4.69, 9.17) is 11.6 Å². The Morgan fingerprint density at radius 2 is 1.61 bits per heavy atom. The van der Waals surface area contributed by atoms with Gasteiger partial charge in [-0.3, -0.25) is 4.79 Å². The Morgan fingerprint density at radius 1 is 0.964 bits per heavy atom.